The highest BCUT2D eigenvalue weighted by Gasteiger charge is 2.25. The van der Waals surface area contributed by atoms with E-state index in [1.165, 1.54) is 12.6 Å². The minimum absolute atomic E-state index is 0.234. The minimum atomic E-state index is -0.234. The normalized spacial score (nSPS) is 22.9. The number of halogens is 2. The second-order valence-corrected chi connectivity index (χ2v) is 4.85. The van der Waals surface area contributed by atoms with Gasteiger partial charge in [-0.15, -0.1) is 0 Å². The molecule has 0 amide bonds. The first-order chi connectivity index (χ1) is 6.68. The molecule has 1 unspecified atom stereocenters. The third-order valence-corrected chi connectivity index (χ3v) is 3.79. The van der Waals surface area contributed by atoms with E-state index in [-0.39, 0.29) is 5.82 Å². The van der Waals surface area contributed by atoms with Crippen LogP contribution in [0.15, 0.2) is 12.3 Å². The summed E-state index contributed by atoms with van der Waals surface area (Å²) in [5.41, 5.74) is 1.98. The summed E-state index contributed by atoms with van der Waals surface area (Å²) in [6.07, 6.45) is 3.57. The van der Waals surface area contributed by atoms with Gasteiger partial charge in [0.15, 0.2) is 0 Å². The van der Waals surface area contributed by atoms with Crippen LogP contribution in [-0.4, -0.2) is 14.6 Å². The van der Waals surface area contributed by atoms with Gasteiger partial charge in [-0.2, -0.15) is 0 Å². The van der Waals surface area contributed by atoms with Crippen LogP contribution in [0, 0.1) is 12.7 Å². The van der Waals surface area contributed by atoms with Crippen molar-refractivity contribution in [2.24, 2.45) is 0 Å². The molecule has 0 saturated carbocycles. The number of aromatic nitrogens is 1. The first kappa shape index (κ1) is 10.3. The van der Waals surface area contributed by atoms with E-state index >= 15 is 0 Å². The lowest BCUT2D eigenvalue weighted by Gasteiger charge is -2.18. The Bertz CT molecular complexity index is 343. The molecular formula is C10H12FIN2. The summed E-state index contributed by atoms with van der Waals surface area (Å²) in [6.45, 7) is 3.03. The zero-order chi connectivity index (χ0) is 10.1. The van der Waals surface area contributed by atoms with Crippen LogP contribution in [0.25, 0.3) is 0 Å². The Morgan fingerprint density at radius 1 is 1.64 bits per heavy atom. The van der Waals surface area contributed by atoms with Crippen molar-refractivity contribution in [3.8, 4) is 0 Å². The van der Waals surface area contributed by atoms with Gasteiger partial charge < -0.3 is 0 Å². The quantitative estimate of drug-likeness (QED) is 0.586. The maximum absolute atomic E-state index is 13.0. The molecule has 1 atom stereocenters. The first-order valence-corrected chi connectivity index (χ1v) is 5.69. The molecule has 1 aromatic rings. The Labute approximate surface area is 97.0 Å². The topological polar surface area (TPSA) is 16.1 Å². The summed E-state index contributed by atoms with van der Waals surface area (Å²) in [4.78, 5) is 4.05. The molecule has 2 rings (SSSR count). The van der Waals surface area contributed by atoms with Gasteiger partial charge in [0, 0.05) is 41.1 Å². The molecular weight excluding hydrogens is 294 g/mol. The van der Waals surface area contributed by atoms with E-state index in [1.807, 2.05) is 6.92 Å². The first-order valence-electron chi connectivity index (χ1n) is 4.73. The van der Waals surface area contributed by atoms with Crippen molar-refractivity contribution in [1.82, 2.24) is 8.10 Å². The van der Waals surface area contributed by atoms with Gasteiger partial charge in [-0.3, -0.25) is 4.98 Å². The van der Waals surface area contributed by atoms with Crippen LogP contribution >= 0.6 is 22.9 Å². The number of pyridine rings is 1. The largest absolute Gasteiger partial charge is 0.258 e. The molecule has 2 heterocycles. The van der Waals surface area contributed by atoms with Crippen molar-refractivity contribution in [3.63, 3.8) is 0 Å². The molecule has 0 spiro atoms. The Morgan fingerprint density at radius 2 is 2.43 bits per heavy atom. The van der Waals surface area contributed by atoms with Gasteiger partial charge in [-0.1, -0.05) is 0 Å². The molecule has 0 aliphatic carbocycles. The fourth-order valence-electron chi connectivity index (χ4n) is 1.90. The lowest BCUT2D eigenvalue weighted by Crippen LogP contribution is -2.12. The van der Waals surface area contributed by atoms with Crippen LogP contribution in [0.3, 0.4) is 0 Å². The third-order valence-electron chi connectivity index (χ3n) is 2.64. The molecule has 0 radical (unpaired) electrons. The van der Waals surface area contributed by atoms with Gasteiger partial charge in [-0.05, 0) is 31.4 Å². The van der Waals surface area contributed by atoms with Crippen molar-refractivity contribution in [2.75, 3.05) is 6.54 Å². The summed E-state index contributed by atoms with van der Waals surface area (Å²) in [7, 11) is 0. The van der Waals surface area contributed by atoms with Crippen molar-refractivity contribution in [2.45, 2.75) is 25.8 Å². The van der Waals surface area contributed by atoms with Gasteiger partial charge in [0.05, 0.1) is 6.20 Å². The summed E-state index contributed by atoms with van der Waals surface area (Å²) in [5.74, 6) is -0.234. The Morgan fingerprint density at radius 3 is 3.07 bits per heavy atom. The van der Waals surface area contributed by atoms with Crippen LogP contribution < -0.4 is 0 Å². The number of hydrogen-bond donors (Lipinski definition) is 0. The van der Waals surface area contributed by atoms with Crippen LogP contribution in [0.4, 0.5) is 4.39 Å². The van der Waals surface area contributed by atoms with E-state index in [2.05, 4.69) is 31.0 Å². The van der Waals surface area contributed by atoms with Gasteiger partial charge in [0.1, 0.15) is 5.82 Å². The molecule has 0 bridgehead atoms. The average molecular weight is 306 g/mol. The fourth-order valence-corrected chi connectivity index (χ4v) is 2.82. The van der Waals surface area contributed by atoms with Gasteiger partial charge in [0.2, 0.25) is 0 Å². The average Bonchev–Trinajstić information content (AvgIpc) is 2.56. The fraction of sp³-hybridized carbons (Fsp3) is 0.500. The van der Waals surface area contributed by atoms with Crippen molar-refractivity contribution in [3.05, 3.63) is 29.3 Å². The molecule has 0 N–H and O–H groups in total. The van der Waals surface area contributed by atoms with E-state index in [0.29, 0.717) is 6.04 Å². The van der Waals surface area contributed by atoms with Crippen molar-refractivity contribution >= 4 is 22.9 Å². The van der Waals surface area contributed by atoms with Crippen molar-refractivity contribution in [1.29, 1.82) is 0 Å². The number of hydrogen-bond acceptors (Lipinski definition) is 2. The van der Waals surface area contributed by atoms with E-state index < -0.39 is 0 Å². The molecule has 1 aliphatic rings. The Hall–Kier alpha value is -0.230. The maximum Gasteiger partial charge on any atom is 0.141 e. The Balaban J connectivity index is 2.34. The highest BCUT2D eigenvalue weighted by atomic mass is 127. The molecule has 1 aromatic heterocycles. The van der Waals surface area contributed by atoms with E-state index in [4.69, 9.17) is 0 Å². The highest BCUT2D eigenvalue weighted by Crippen LogP contribution is 2.35. The lowest BCUT2D eigenvalue weighted by molar-refractivity contribution is 0.481. The zero-order valence-electron chi connectivity index (χ0n) is 8.00. The summed E-state index contributed by atoms with van der Waals surface area (Å²) in [6, 6.07) is 1.96. The predicted molar refractivity (Wildman–Crippen MR) is 61.6 cm³/mol. The molecule has 1 aliphatic heterocycles. The second kappa shape index (κ2) is 4.10. The third kappa shape index (κ3) is 1.91. The zero-order valence-corrected chi connectivity index (χ0v) is 10.2. The highest BCUT2D eigenvalue weighted by molar-refractivity contribution is 14.1. The molecule has 1 fully saturated rings. The van der Waals surface area contributed by atoms with E-state index in [0.717, 1.165) is 24.2 Å². The number of rotatable bonds is 1. The Kier molecular flexibility index (Phi) is 3.02. The van der Waals surface area contributed by atoms with Gasteiger partial charge in [-0.25, -0.2) is 7.50 Å². The van der Waals surface area contributed by atoms with Crippen LogP contribution in [-0.2, 0) is 0 Å². The van der Waals surface area contributed by atoms with Crippen LogP contribution in [0.5, 0.6) is 0 Å². The number of nitrogens with zero attached hydrogens (tertiary/aromatic N) is 2. The van der Waals surface area contributed by atoms with Gasteiger partial charge >= 0.3 is 0 Å². The van der Waals surface area contributed by atoms with Gasteiger partial charge in [0.25, 0.3) is 0 Å². The molecule has 0 aromatic carbocycles. The van der Waals surface area contributed by atoms with E-state index in [9.17, 15) is 4.39 Å². The molecule has 14 heavy (non-hydrogen) atoms. The summed E-state index contributed by atoms with van der Waals surface area (Å²) < 4.78 is 15.3. The van der Waals surface area contributed by atoms with Crippen LogP contribution in [0.1, 0.15) is 30.1 Å². The van der Waals surface area contributed by atoms with E-state index in [1.54, 1.807) is 6.07 Å². The molecule has 76 valence electrons. The number of aryl methyl sites for hydroxylation is 1. The standard InChI is InChI=1S/C10H12FIN2/c1-7-9(5-8(11)6-13-7)10-3-2-4-14(10)12/h5-6,10H,2-4H2,1H3. The smallest absolute Gasteiger partial charge is 0.141 e. The van der Waals surface area contributed by atoms with Crippen LogP contribution in [0.2, 0.25) is 0 Å². The summed E-state index contributed by atoms with van der Waals surface area (Å²) >= 11 is 2.31. The predicted octanol–water partition coefficient (Wildman–Crippen LogP) is 3.02. The summed E-state index contributed by atoms with van der Waals surface area (Å²) in [5, 5.41) is 0. The second-order valence-electron chi connectivity index (χ2n) is 3.61. The van der Waals surface area contributed by atoms with Crippen molar-refractivity contribution < 1.29 is 4.39 Å². The molecule has 2 nitrogen and oxygen atoms in total. The SMILES string of the molecule is Cc1ncc(F)cc1C1CCCN1I. The maximum atomic E-state index is 13.0. The molecule has 1 saturated heterocycles. The minimum Gasteiger partial charge on any atom is -0.258 e. The lowest BCUT2D eigenvalue weighted by atomic mass is 10.0. The monoisotopic (exact) mass is 306 g/mol. The molecule has 4 heteroatoms.